The van der Waals surface area contributed by atoms with E-state index in [0.717, 1.165) is 0 Å². The Bertz CT molecular complexity index is 176. The van der Waals surface area contributed by atoms with Crippen molar-refractivity contribution in [2.24, 2.45) is 0 Å². The minimum absolute atomic E-state index is 0.688. The fourth-order valence-electron chi connectivity index (χ4n) is 0.146. The third kappa shape index (κ3) is 4.00. The number of carboxylic acid groups (broad SMARTS) is 1. The van der Waals surface area contributed by atoms with Crippen molar-refractivity contribution in [3.05, 3.63) is 0 Å². The Labute approximate surface area is 57.7 Å². The molecular weight excluding hydrogens is 171 g/mol. The van der Waals surface area contributed by atoms with Crippen LogP contribution in [0.2, 0.25) is 0 Å². The van der Waals surface area contributed by atoms with Gasteiger partial charge in [0, 0.05) is 0 Å². The van der Waals surface area contributed by atoms with Crippen LogP contribution in [0.1, 0.15) is 0 Å². The van der Waals surface area contributed by atoms with Gasteiger partial charge in [-0.25, -0.2) is 10.3 Å². The molecule has 0 radical (unpaired) electrons. The second-order valence-corrected chi connectivity index (χ2v) is 1.28. The van der Waals surface area contributed by atoms with Crippen molar-refractivity contribution in [1.82, 2.24) is 5.48 Å². The molecule has 11 heavy (non-hydrogen) atoms. The van der Waals surface area contributed by atoms with Crippen LogP contribution in [0.4, 0.5) is 18.0 Å². The van der Waals surface area contributed by atoms with Crippen molar-refractivity contribution in [2.45, 2.75) is 6.18 Å². The third-order valence-electron chi connectivity index (χ3n) is 0.459. The SMILES string of the molecule is O=C([O-])NOC(=O)C(F)(F)F. The van der Waals surface area contributed by atoms with Gasteiger partial charge in [0.2, 0.25) is 0 Å². The lowest BCUT2D eigenvalue weighted by atomic mass is 10.7. The largest absolute Gasteiger partial charge is 0.528 e. The molecule has 0 aliphatic carbocycles. The van der Waals surface area contributed by atoms with Gasteiger partial charge in [-0.3, -0.25) is 0 Å². The maximum atomic E-state index is 11.2. The molecule has 0 atom stereocenters. The molecule has 0 aliphatic rings. The van der Waals surface area contributed by atoms with Crippen LogP contribution in [-0.4, -0.2) is 18.2 Å². The molecule has 0 saturated carbocycles. The first-order chi connectivity index (χ1) is 4.84. The summed E-state index contributed by atoms with van der Waals surface area (Å²) in [5.41, 5.74) is 0.688. The highest BCUT2D eigenvalue weighted by molar-refractivity contribution is 5.76. The number of halogens is 3. The van der Waals surface area contributed by atoms with Crippen molar-refractivity contribution < 1.29 is 32.7 Å². The third-order valence-corrected chi connectivity index (χ3v) is 0.459. The summed E-state index contributed by atoms with van der Waals surface area (Å²) in [5.74, 6) is -2.65. The Kier molecular flexibility index (Phi) is 2.67. The molecule has 64 valence electrons. The monoisotopic (exact) mass is 172 g/mol. The number of carbonyl (C=O) groups excluding carboxylic acids is 2. The molecule has 0 unspecified atom stereocenters. The molecule has 5 nitrogen and oxygen atoms in total. The predicted octanol–water partition coefficient (Wildman–Crippen LogP) is -1.06. The quantitative estimate of drug-likeness (QED) is 0.472. The summed E-state index contributed by atoms with van der Waals surface area (Å²) in [5, 5.41) is 9.36. The molecule has 0 aliphatic heterocycles. The zero-order valence-electron chi connectivity index (χ0n) is 4.77. The van der Waals surface area contributed by atoms with Crippen molar-refractivity contribution in [2.75, 3.05) is 0 Å². The molecule has 0 aromatic rings. The Morgan fingerprint density at radius 1 is 1.36 bits per heavy atom. The van der Waals surface area contributed by atoms with Crippen LogP contribution in [0.15, 0.2) is 0 Å². The number of hydrogen-bond acceptors (Lipinski definition) is 4. The molecular formula is C3HF3NO4-. The lowest BCUT2D eigenvalue weighted by Gasteiger charge is -2.07. The Morgan fingerprint density at radius 3 is 2.09 bits per heavy atom. The zero-order chi connectivity index (χ0) is 9.07. The van der Waals surface area contributed by atoms with Gasteiger partial charge in [0.05, 0.1) is 0 Å². The number of amides is 1. The average Bonchev–Trinajstić information content (AvgIpc) is 1.80. The van der Waals surface area contributed by atoms with Crippen LogP contribution in [-0.2, 0) is 9.63 Å². The maximum Gasteiger partial charge on any atom is 0.493 e. The average molecular weight is 172 g/mol. The van der Waals surface area contributed by atoms with Gasteiger partial charge in [-0.05, 0) is 0 Å². The molecule has 0 fully saturated rings. The van der Waals surface area contributed by atoms with E-state index in [2.05, 4.69) is 4.84 Å². The summed E-state index contributed by atoms with van der Waals surface area (Å²) in [6.07, 6.45) is -7.36. The van der Waals surface area contributed by atoms with E-state index in [1.54, 1.807) is 0 Å². The topological polar surface area (TPSA) is 78.5 Å². The number of rotatable bonds is 0. The minimum atomic E-state index is -5.22. The second-order valence-electron chi connectivity index (χ2n) is 1.28. The number of nitrogens with one attached hydrogen (secondary N) is 1. The fourth-order valence-corrected chi connectivity index (χ4v) is 0.146. The molecule has 0 spiro atoms. The first-order valence-corrected chi connectivity index (χ1v) is 2.09. The summed E-state index contributed by atoms with van der Waals surface area (Å²) in [6.45, 7) is 0. The predicted molar refractivity (Wildman–Crippen MR) is 20.7 cm³/mol. The summed E-state index contributed by atoms with van der Waals surface area (Å²) in [4.78, 5) is 22.0. The lowest BCUT2D eigenvalue weighted by molar-refractivity contribution is -0.266. The molecule has 0 aromatic heterocycles. The Hall–Kier alpha value is -1.47. The summed E-state index contributed by atoms with van der Waals surface area (Å²) < 4.78 is 33.5. The van der Waals surface area contributed by atoms with E-state index in [1.165, 1.54) is 0 Å². The molecule has 0 bridgehead atoms. The summed E-state index contributed by atoms with van der Waals surface area (Å²) >= 11 is 0. The highest BCUT2D eigenvalue weighted by Crippen LogP contribution is 2.15. The highest BCUT2D eigenvalue weighted by Gasteiger charge is 2.41. The van der Waals surface area contributed by atoms with E-state index in [-0.39, 0.29) is 0 Å². The number of hydrogen-bond donors (Lipinski definition) is 1. The summed E-state index contributed by atoms with van der Waals surface area (Å²) in [7, 11) is 0. The smallest absolute Gasteiger partial charge is 0.493 e. The van der Waals surface area contributed by atoms with E-state index in [0.29, 0.717) is 5.48 Å². The van der Waals surface area contributed by atoms with Crippen LogP contribution < -0.4 is 10.6 Å². The fraction of sp³-hybridized carbons (Fsp3) is 0.333. The molecule has 0 saturated heterocycles. The Morgan fingerprint density at radius 2 is 1.82 bits per heavy atom. The van der Waals surface area contributed by atoms with E-state index < -0.39 is 18.2 Å². The Balaban J connectivity index is 3.80. The molecule has 0 heterocycles. The lowest BCUT2D eigenvalue weighted by Crippen LogP contribution is -2.41. The summed E-state index contributed by atoms with van der Waals surface area (Å²) in [6, 6.07) is 0. The zero-order valence-corrected chi connectivity index (χ0v) is 4.77. The first kappa shape index (κ1) is 9.53. The normalized spacial score (nSPS) is 10.5. The van der Waals surface area contributed by atoms with Crippen molar-refractivity contribution in [3.63, 3.8) is 0 Å². The van der Waals surface area contributed by atoms with E-state index in [9.17, 15) is 27.9 Å². The van der Waals surface area contributed by atoms with Gasteiger partial charge in [-0.1, -0.05) is 0 Å². The number of alkyl halides is 3. The van der Waals surface area contributed by atoms with Gasteiger partial charge >= 0.3 is 12.1 Å². The molecule has 0 aromatic carbocycles. The maximum absolute atomic E-state index is 11.2. The van der Waals surface area contributed by atoms with Gasteiger partial charge < -0.3 is 14.7 Å². The first-order valence-electron chi connectivity index (χ1n) is 2.09. The molecule has 1 amide bonds. The molecule has 0 rings (SSSR count). The van der Waals surface area contributed by atoms with E-state index in [4.69, 9.17) is 0 Å². The second kappa shape index (κ2) is 3.08. The minimum Gasteiger partial charge on any atom is -0.528 e. The van der Waals surface area contributed by atoms with Crippen LogP contribution in [0.25, 0.3) is 0 Å². The standard InChI is InChI=1S/C3H2F3NO4/c4-3(5,6)1(8)11-7-2(9)10/h7H,(H,9,10)/p-1. The molecule has 1 N–H and O–H groups in total. The van der Waals surface area contributed by atoms with Crippen molar-refractivity contribution in [3.8, 4) is 0 Å². The van der Waals surface area contributed by atoms with Crippen LogP contribution in [0, 0.1) is 0 Å². The van der Waals surface area contributed by atoms with E-state index >= 15 is 0 Å². The number of carbonyl (C=O) groups is 2. The van der Waals surface area contributed by atoms with Gasteiger partial charge in [-0.2, -0.15) is 13.2 Å². The van der Waals surface area contributed by atoms with Crippen LogP contribution in [0.3, 0.4) is 0 Å². The number of hydroxylamine groups is 1. The highest BCUT2D eigenvalue weighted by atomic mass is 19.4. The van der Waals surface area contributed by atoms with Gasteiger partial charge in [0.1, 0.15) is 0 Å². The van der Waals surface area contributed by atoms with Crippen LogP contribution in [0.5, 0.6) is 0 Å². The van der Waals surface area contributed by atoms with Gasteiger partial charge in [0.15, 0.2) is 6.09 Å². The van der Waals surface area contributed by atoms with Gasteiger partial charge in [-0.15, -0.1) is 0 Å². The van der Waals surface area contributed by atoms with Crippen LogP contribution >= 0.6 is 0 Å². The van der Waals surface area contributed by atoms with Gasteiger partial charge in [0.25, 0.3) is 0 Å². The van der Waals surface area contributed by atoms with Crippen molar-refractivity contribution >= 4 is 12.1 Å². The molecule has 8 heteroatoms. The van der Waals surface area contributed by atoms with E-state index in [1.807, 2.05) is 0 Å². The van der Waals surface area contributed by atoms with Crippen molar-refractivity contribution in [1.29, 1.82) is 0 Å².